The number of amides is 2. The molecule has 0 aromatic rings. The molecule has 17 heavy (non-hydrogen) atoms. The summed E-state index contributed by atoms with van der Waals surface area (Å²) in [7, 11) is 0. The molecule has 2 unspecified atom stereocenters. The molecule has 3 aliphatic rings. The van der Waals surface area contributed by atoms with Crippen LogP contribution in [0.4, 0.5) is 4.79 Å². The van der Waals surface area contributed by atoms with Crippen molar-refractivity contribution in [3.63, 3.8) is 0 Å². The number of hydrogen-bond donors (Lipinski definition) is 1. The minimum absolute atomic E-state index is 0.180. The van der Waals surface area contributed by atoms with E-state index in [1.54, 1.807) is 0 Å². The van der Waals surface area contributed by atoms with Crippen LogP contribution in [0.5, 0.6) is 0 Å². The quantitative estimate of drug-likeness (QED) is 0.748. The summed E-state index contributed by atoms with van der Waals surface area (Å²) in [5.41, 5.74) is 0. The zero-order valence-electron chi connectivity index (χ0n) is 10.5. The number of hydrogen-bond acceptors (Lipinski definition) is 2. The first kappa shape index (κ1) is 11.3. The molecule has 2 atom stereocenters. The molecule has 96 valence electrons. The van der Waals surface area contributed by atoms with E-state index in [4.69, 9.17) is 0 Å². The smallest absolute Gasteiger partial charge is 0.317 e. The Balaban J connectivity index is 1.50. The zero-order chi connectivity index (χ0) is 11.7. The highest BCUT2D eigenvalue weighted by Crippen LogP contribution is 2.26. The number of piperidine rings is 1. The lowest BCUT2D eigenvalue weighted by atomic mass is 9.98. The Morgan fingerprint density at radius 3 is 2.65 bits per heavy atom. The summed E-state index contributed by atoms with van der Waals surface area (Å²) < 4.78 is 0. The number of rotatable bonds is 1. The molecule has 0 aliphatic carbocycles. The maximum absolute atomic E-state index is 12.0. The third-order valence-corrected chi connectivity index (χ3v) is 4.54. The van der Waals surface area contributed by atoms with Gasteiger partial charge >= 0.3 is 6.03 Å². The van der Waals surface area contributed by atoms with E-state index in [2.05, 4.69) is 10.2 Å². The van der Waals surface area contributed by atoms with Gasteiger partial charge in [0.05, 0.1) is 0 Å². The first-order chi connectivity index (χ1) is 8.33. The predicted molar refractivity (Wildman–Crippen MR) is 67.0 cm³/mol. The summed E-state index contributed by atoms with van der Waals surface area (Å²) in [6, 6.07) is 1.34. The standard InChI is InChI=1S/C13H23N3O/c17-13(16-6-1-2-7-16)14-11-5-9-15-8-3-4-12(15)10-11/h11-12H,1-10H2,(H,14,17). The summed E-state index contributed by atoms with van der Waals surface area (Å²) in [4.78, 5) is 16.6. The molecule has 1 N–H and O–H groups in total. The minimum Gasteiger partial charge on any atom is -0.335 e. The average molecular weight is 237 g/mol. The van der Waals surface area contributed by atoms with Gasteiger partial charge in [0, 0.05) is 31.7 Å². The summed E-state index contributed by atoms with van der Waals surface area (Å²) >= 11 is 0. The van der Waals surface area contributed by atoms with Crippen LogP contribution in [0.2, 0.25) is 0 Å². The van der Waals surface area contributed by atoms with Gasteiger partial charge in [-0.25, -0.2) is 4.79 Å². The highest BCUT2D eigenvalue weighted by molar-refractivity contribution is 5.74. The molecule has 3 fully saturated rings. The van der Waals surface area contributed by atoms with Gasteiger partial charge in [0.15, 0.2) is 0 Å². The molecular weight excluding hydrogens is 214 g/mol. The van der Waals surface area contributed by atoms with E-state index < -0.39 is 0 Å². The summed E-state index contributed by atoms with van der Waals surface area (Å²) in [5.74, 6) is 0. The molecule has 0 spiro atoms. The van der Waals surface area contributed by atoms with Crippen LogP contribution < -0.4 is 5.32 Å². The number of nitrogens with one attached hydrogen (secondary N) is 1. The van der Waals surface area contributed by atoms with E-state index in [1.807, 2.05) is 4.90 Å². The Kier molecular flexibility index (Phi) is 3.23. The van der Waals surface area contributed by atoms with E-state index in [9.17, 15) is 4.79 Å². The molecule has 3 aliphatic heterocycles. The van der Waals surface area contributed by atoms with Gasteiger partial charge in [0.2, 0.25) is 0 Å². The van der Waals surface area contributed by atoms with Crippen molar-refractivity contribution in [2.45, 2.75) is 50.6 Å². The highest BCUT2D eigenvalue weighted by atomic mass is 16.2. The van der Waals surface area contributed by atoms with Crippen molar-refractivity contribution >= 4 is 6.03 Å². The number of fused-ring (bicyclic) bond motifs is 1. The number of carbonyl (C=O) groups is 1. The second-order valence-electron chi connectivity index (χ2n) is 5.70. The zero-order valence-corrected chi connectivity index (χ0v) is 10.5. The minimum atomic E-state index is 0.180. The van der Waals surface area contributed by atoms with Crippen molar-refractivity contribution in [3.05, 3.63) is 0 Å². The van der Waals surface area contributed by atoms with Gasteiger partial charge in [-0.1, -0.05) is 0 Å². The molecule has 0 saturated carbocycles. The van der Waals surface area contributed by atoms with Gasteiger partial charge in [-0.05, 0) is 45.1 Å². The van der Waals surface area contributed by atoms with Crippen molar-refractivity contribution in [1.82, 2.24) is 15.1 Å². The Morgan fingerprint density at radius 1 is 1.00 bits per heavy atom. The van der Waals surface area contributed by atoms with Crippen LogP contribution in [0.1, 0.15) is 38.5 Å². The van der Waals surface area contributed by atoms with Crippen molar-refractivity contribution in [3.8, 4) is 0 Å². The van der Waals surface area contributed by atoms with Crippen LogP contribution >= 0.6 is 0 Å². The largest absolute Gasteiger partial charge is 0.335 e. The number of likely N-dealkylation sites (tertiary alicyclic amines) is 1. The van der Waals surface area contributed by atoms with Crippen LogP contribution in [0.25, 0.3) is 0 Å². The molecule has 4 nitrogen and oxygen atoms in total. The fraction of sp³-hybridized carbons (Fsp3) is 0.923. The van der Waals surface area contributed by atoms with Gasteiger partial charge in [-0.2, -0.15) is 0 Å². The van der Waals surface area contributed by atoms with Crippen molar-refractivity contribution < 1.29 is 4.79 Å². The van der Waals surface area contributed by atoms with E-state index in [1.165, 1.54) is 45.2 Å². The van der Waals surface area contributed by atoms with Crippen LogP contribution in [-0.4, -0.2) is 54.1 Å². The monoisotopic (exact) mass is 237 g/mol. The third-order valence-electron chi connectivity index (χ3n) is 4.54. The number of urea groups is 1. The topological polar surface area (TPSA) is 35.6 Å². The molecule has 0 radical (unpaired) electrons. The van der Waals surface area contributed by atoms with Gasteiger partial charge < -0.3 is 15.1 Å². The molecular formula is C13H23N3O. The summed E-state index contributed by atoms with van der Waals surface area (Å²) in [5, 5.41) is 3.23. The van der Waals surface area contributed by atoms with Gasteiger partial charge in [0.1, 0.15) is 0 Å². The fourth-order valence-corrected chi connectivity index (χ4v) is 3.54. The first-order valence-electron chi connectivity index (χ1n) is 7.12. The second-order valence-corrected chi connectivity index (χ2v) is 5.70. The molecule has 3 saturated heterocycles. The maximum atomic E-state index is 12.0. The molecule has 4 heteroatoms. The van der Waals surface area contributed by atoms with E-state index in [0.717, 1.165) is 25.6 Å². The summed E-state index contributed by atoms with van der Waals surface area (Å²) in [6.45, 7) is 4.36. The predicted octanol–water partition coefficient (Wildman–Crippen LogP) is 1.42. The van der Waals surface area contributed by atoms with Gasteiger partial charge in [-0.15, -0.1) is 0 Å². The average Bonchev–Trinajstić information content (AvgIpc) is 2.99. The number of nitrogens with zero attached hydrogens (tertiary/aromatic N) is 2. The Labute approximate surface area is 103 Å². The Morgan fingerprint density at radius 2 is 1.82 bits per heavy atom. The molecule has 3 rings (SSSR count). The van der Waals surface area contributed by atoms with Crippen LogP contribution in [-0.2, 0) is 0 Å². The molecule has 0 aromatic heterocycles. The van der Waals surface area contributed by atoms with E-state index in [-0.39, 0.29) is 6.03 Å². The number of carbonyl (C=O) groups excluding carboxylic acids is 1. The lowest BCUT2D eigenvalue weighted by molar-refractivity contribution is 0.158. The van der Waals surface area contributed by atoms with Crippen LogP contribution in [0.3, 0.4) is 0 Å². The normalized spacial score (nSPS) is 33.8. The third kappa shape index (κ3) is 2.41. The highest BCUT2D eigenvalue weighted by Gasteiger charge is 2.32. The maximum Gasteiger partial charge on any atom is 0.317 e. The van der Waals surface area contributed by atoms with Gasteiger partial charge in [-0.3, -0.25) is 0 Å². The van der Waals surface area contributed by atoms with Crippen LogP contribution in [0, 0.1) is 0 Å². The van der Waals surface area contributed by atoms with E-state index in [0.29, 0.717) is 6.04 Å². The van der Waals surface area contributed by atoms with Crippen LogP contribution in [0.15, 0.2) is 0 Å². The molecule has 0 bridgehead atoms. The second kappa shape index (κ2) is 4.84. The molecule has 3 heterocycles. The van der Waals surface area contributed by atoms with Crippen molar-refractivity contribution in [1.29, 1.82) is 0 Å². The van der Waals surface area contributed by atoms with Crippen molar-refractivity contribution in [2.75, 3.05) is 26.2 Å². The molecule has 0 aromatic carbocycles. The SMILES string of the molecule is O=C(NC1CCN2CCCC2C1)N1CCCC1. The summed E-state index contributed by atoms with van der Waals surface area (Å²) in [6.07, 6.45) is 7.33. The van der Waals surface area contributed by atoms with Gasteiger partial charge in [0.25, 0.3) is 0 Å². The lowest BCUT2D eigenvalue weighted by Crippen LogP contribution is -2.50. The molecule has 2 amide bonds. The first-order valence-corrected chi connectivity index (χ1v) is 7.12. The van der Waals surface area contributed by atoms with Crippen molar-refractivity contribution in [2.24, 2.45) is 0 Å². The van der Waals surface area contributed by atoms with E-state index >= 15 is 0 Å². The Hall–Kier alpha value is -0.770. The fourth-order valence-electron chi connectivity index (χ4n) is 3.54. The Bertz CT molecular complexity index is 288. The lowest BCUT2D eigenvalue weighted by Gasteiger charge is -2.35.